The molecule has 4 nitrogen and oxygen atoms in total. The van der Waals surface area contributed by atoms with Crippen LogP contribution in [0.4, 0.5) is 18.9 Å². The topological polar surface area (TPSA) is 67.6 Å². The number of benzene rings is 2. The number of nitrogens with two attached hydrogens (primary N) is 2. The standard InChI is InChI=1S/C17H17F3N4S/c1-24-15(21)10-7-6-9(8-12(10)23-16(24)22)14-11(17(18,19)20)4-3-5-13(14)25-2/h3-8,15H,21H2,1-2H3,(H2,22,23). The summed E-state index contributed by atoms with van der Waals surface area (Å²) in [5.74, 6) is 0.228. The van der Waals surface area contributed by atoms with Crippen LogP contribution in [0.3, 0.4) is 0 Å². The molecule has 1 unspecified atom stereocenters. The second-order valence-corrected chi connectivity index (χ2v) is 6.53. The number of guanidine groups is 1. The molecule has 1 aliphatic rings. The van der Waals surface area contributed by atoms with Crippen molar-refractivity contribution in [3.63, 3.8) is 0 Å². The normalized spacial score (nSPS) is 17.3. The van der Waals surface area contributed by atoms with Gasteiger partial charge in [0.15, 0.2) is 5.96 Å². The van der Waals surface area contributed by atoms with Crippen LogP contribution in [0.2, 0.25) is 0 Å². The van der Waals surface area contributed by atoms with Crippen LogP contribution in [0.15, 0.2) is 46.3 Å². The molecule has 0 amide bonds. The first-order valence-electron chi connectivity index (χ1n) is 7.45. The summed E-state index contributed by atoms with van der Waals surface area (Å²) in [7, 11) is 1.71. The van der Waals surface area contributed by atoms with E-state index in [4.69, 9.17) is 11.5 Å². The molecule has 0 saturated carbocycles. The number of alkyl halides is 3. The molecule has 1 atom stereocenters. The van der Waals surface area contributed by atoms with Gasteiger partial charge in [-0.2, -0.15) is 13.2 Å². The Morgan fingerprint density at radius 1 is 1.20 bits per heavy atom. The number of nitrogens with zero attached hydrogens (tertiary/aromatic N) is 2. The minimum absolute atomic E-state index is 0.145. The molecule has 0 fully saturated rings. The summed E-state index contributed by atoms with van der Waals surface area (Å²) in [5, 5.41) is 0. The average Bonchev–Trinajstić information content (AvgIpc) is 2.57. The zero-order valence-electron chi connectivity index (χ0n) is 13.6. The monoisotopic (exact) mass is 366 g/mol. The summed E-state index contributed by atoms with van der Waals surface area (Å²) in [6.07, 6.45) is -3.19. The van der Waals surface area contributed by atoms with Gasteiger partial charge in [0.1, 0.15) is 6.17 Å². The van der Waals surface area contributed by atoms with Crippen LogP contribution in [0, 0.1) is 0 Å². The first-order valence-corrected chi connectivity index (χ1v) is 8.67. The minimum Gasteiger partial charge on any atom is -0.369 e. The van der Waals surface area contributed by atoms with Crippen LogP contribution in [-0.4, -0.2) is 24.2 Å². The van der Waals surface area contributed by atoms with E-state index in [0.29, 0.717) is 16.1 Å². The Bertz CT molecular complexity index is 848. The van der Waals surface area contributed by atoms with Crippen molar-refractivity contribution in [1.29, 1.82) is 0 Å². The van der Waals surface area contributed by atoms with Gasteiger partial charge >= 0.3 is 6.18 Å². The van der Waals surface area contributed by atoms with Crippen molar-refractivity contribution in [3.05, 3.63) is 47.5 Å². The maximum Gasteiger partial charge on any atom is 0.417 e. The van der Waals surface area contributed by atoms with Crippen LogP contribution < -0.4 is 11.5 Å². The molecule has 0 spiro atoms. The summed E-state index contributed by atoms with van der Waals surface area (Å²) in [6.45, 7) is 0. The lowest BCUT2D eigenvalue weighted by atomic mass is 9.96. The Morgan fingerprint density at radius 3 is 2.56 bits per heavy atom. The predicted octanol–water partition coefficient (Wildman–Crippen LogP) is 3.94. The maximum absolute atomic E-state index is 13.5. The Hall–Kier alpha value is -2.19. The third kappa shape index (κ3) is 3.07. The van der Waals surface area contributed by atoms with Crippen molar-refractivity contribution >= 4 is 23.4 Å². The number of hydrogen-bond donors (Lipinski definition) is 2. The Kier molecular flexibility index (Phi) is 4.42. The van der Waals surface area contributed by atoms with Crippen LogP contribution in [0.25, 0.3) is 11.1 Å². The van der Waals surface area contributed by atoms with E-state index in [-0.39, 0.29) is 11.5 Å². The van der Waals surface area contributed by atoms with E-state index in [0.717, 1.165) is 11.6 Å². The second-order valence-electron chi connectivity index (χ2n) is 5.68. The Morgan fingerprint density at radius 2 is 1.92 bits per heavy atom. The highest BCUT2D eigenvalue weighted by molar-refractivity contribution is 7.98. The number of hydrogen-bond acceptors (Lipinski definition) is 5. The Labute approximate surface area is 147 Å². The molecule has 132 valence electrons. The lowest BCUT2D eigenvalue weighted by Crippen LogP contribution is -2.42. The molecule has 2 aromatic rings. The van der Waals surface area contributed by atoms with Crippen molar-refractivity contribution in [3.8, 4) is 11.1 Å². The zero-order chi connectivity index (χ0) is 18.4. The van der Waals surface area contributed by atoms with Crippen LogP contribution in [0.1, 0.15) is 17.3 Å². The van der Waals surface area contributed by atoms with Gasteiger partial charge in [0, 0.05) is 23.1 Å². The van der Waals surface area contributed by atoms with Crippen LogP contribution in [0.5, 0.6) is 0 Å². The fraction of sp³-hybridized carbons (Fsp3) is 0.235. The molecule has 4 N–H and O–H groups in total. The number of halogens is 3. The highest BCUT2D eigenvalue weighted by Crippen LogP contribution is 2.43. The van der Waals surface area contributed by atoms with Gasteiger partial charge in [0.2, 0.25) is 0 Å². The largest absolute Gasteiger partial charge is 0.417 e. The van der Waals surface area contributed by atoms with Gasteiger partial charge in [-0.25, -0.2) is 4.99 Å². The Balaban J connectivity index is 2.22. The number of rotatable bonds is 2. The predicted molar refractivity (Wildman–Crippen MR) is 94.6 cm³/mol. The van der Waals surface area contributed by atoms with Crippen LogP contribution >= 0.6 is 11.8 Å². The number of fused-ring (bicyclic) bond motifs is 1. The fourth-order valence-electron chi connectivity index (χ4n) is 2.83. The summed E-state index contributed by atoms with van der Waals surface area (Å²) in [6, 6.07) is 9.14. The summed E-state index contributed by atoms with van der Waals surface area (Å²) in [4.78, 5) is 6.42. The van der Waals surface area contributed by atoms with E-state index in [1.807, 2.05) is 0 Å². The highest BCUT2D eigenvalue weighted by atomic mass is 32.2. The molecule has 25 heavy (non-hydrogen) atoms. The summed E-state index contributed by atoms with van der Waals surface area (Å²) < 4.78 is 40.4. The number of aliphatic imine (C=N–C) groups is 1. The molecule has 3 rings (SSSR count). The first kappa shape index (κ1) is 17.6. The van der Waals surface area contributed by atoms with Gasteiger partial charge in [-0.05, 0) is 30.0 Å². The molecule has 0 radical (unpaired) electrons. The SMILES string of the molecule is CSc1cccc(C(F)(F)F)c1-c1ccc2c(c1)N=C(N)N(C)C2N. The summed E-state index contributed by atoms with van der Waals surface area (Å²) >= 11 is 1.27. The van der Waals surface area contributed by atoms with Gasteiger partial charge in [-0.15, -0.1) is 11.8 Å². The van der Waals surface area contributed by atoms with Crippen molar-refractivity contribution in [1.82, 2.24) is 4.90 Å². The van der Waals surface area contributed by atoms with Gasteiger partial charge < -0.3 is 16.4 Å². The van der Waals surface area contributed by atoms with Crippen LogP contribution in [-0.2, 0) is 6.18 Å². The van der Waals surface area contributed by atoms with Crippen molar-refractivity contribution in [2.24, 2.45) is 16.5 Å². The first-order chi connectivity index (χ1) is 11.7. The van der Waals surface area contributed by atoms with E-state index in [1.165, 1.54) is 17.8 Å². The van der Waals surface area contributed by atoms with E-state index in [9.17, 15) is 13.2 Å². The van der Waals surface area contributed by atoms with Gasteiger partial charge in [0.05, 0.1) is 11.3 Å². The van der Waals surface area contributed by atoms with E-state index < -0.39 is 17.9 Å². The molecule has 8 heteroatoms. The van der Waals surface area contributed by atoms with Crippen molar-refractivity contribution in [2.75, 3.05) is 13.3 Å². The average molecular weight is 366 g/mol. The maximum atomic E-state index is 13.5. The molecule has 0 bridgehead atoms. The quantitative estimate of drug-likeness (QED) is 0.790. The molecule has 0 aromatic heterocycles. The number of thioether (sulfide) groups is 1. The third-order valence-corrected chi connectivity index (χ3v) is 4.98. The minimum atomic E-state index is -4.45. The smallest absolute Gasteiger partial charge is 0.369 e. The third-order valence-electron chi connectivity index (χ3n) is 4.20. The molecular formula is C17H17F3N4S. The lowest BCUT2D eigenvalue weighted by molar-refractivity contribution is -0.137. The molecule has 1 aliphatic heterocycles. The van der Waals surface area contributed by atoms with Gasteiger partial charge in [-0.1, -0.05) is 18.2 Å². The lowest BCUT2D eigenvalue weighted by Gasteiger charge is -2.31. The van der Waals surface area contributed by atoms with Gasteiger partial charge in [0.25, 0.3) is 0 Å². The summed E-state index contributed by atoms with van der Waals surface area (Å²) in [5.41, 5.74) is 13.1. The second kappa shape index (κ2) is 6.27. The molecule has 0 aliphatic carbocycles. The molecule has 2 aromatic carbocycles. The van der Waals surface area contributed by atoms with E-state index in [1.54, 1.807) is 42.5 Å². The highest BCUT2D eigenvalue weighted by Gasteiger charge is 2.35. The fourth-order valence-corrected chi connectivity index (χ4v) is 3.48. The van der Waals surface area contributed by atoms with Crippen molar-refractivity contribution < 1.29 is 13.2 Å². The molecular weight excluding hydrogens is 349 g/mol. The van der Waals surface area contributed by atoms with Crippen molar-refractivity contribution in [2.45, 2.75) is 17.2 Å². The van der Waals surface area contributed by atoms with E-state index >= 15 is 0 Å². The van der Waals surface area contributed by atoms with E-state index in [2.05, 4.69) is 4.99 Å². The zero-order valence-corrected chi connectivity index (χ0v) is 14.4. The molecule has 1 heterocycles. The molecule has 0 saturated heterocycles. The van der Waals surface area contributed by atoms with Gasteiger partial charge in [-0.3, -0.25) is 0 Å².